The molecule has 0 fully saturated rings. The molecule has 0 saturated heterocycles. The number of carboxylic acids is 1. The molecule has 2 N–H and O–H groups in total. The number of rotatable bonds is 5. The van der Waals surface area contributed by atoms with Gasteiger partial charge in [-0.2, -0.15) is 0 Å². The van der Waals surface area contributed by atoms with E-state index in [2.05, 4.69) is 4.72 Å². The van der Waals surface area contributed by atoms with Gasteiger partial charge in [-0.1, -0.05) is 13.8 Å². The van der Waals surface area contributed by atoms with Gasteiger partial charge >= 0.3 is 5.97 Å². The number of benzene rings is 1. The fourth-order valence-electron chi connectivity index (χ4n) is 1.38. The molecule has 5 nitrogen and oxygen atoms in total. The average Bonchev–Trinajstić information content (AvgIpc) is 2.18. The molecule has 1 rings (SSSR count). The van der Waals surface area contributed by atoms with Gasteiger partial charge in [0.2, 0.25) is 10.0 Å². The molecule has 0 radical (unpaired) electrons. The first kappa shape index (κ1) is 14.4. The third-order valence-electron chi connectivity index (χ3n) is 2.03. The molecule has 18 heavy (non-hydrogen) atoms. The second kappa shape index (κ2) is 5.34. The van der Waals surface area contributed by atoms with Crippen LogP contribution < -0.4 is 4.72 Å². The van der Waals surface area contributed by atoms with Gasteiger partial charge in [-0.3, -0.25) is 4.72 Å². The Kier molecular flexibility index (Phi) is 4.28. The predicted octanol–water partition coefficient (Wildman–Crippen LogP) is 1.92. The van der Waals surface area contributed by atoms with E-state index in [-0.39, 0.29) is 22.9 Å². The van der Waals surface area contributed by atoms with Crippen molar-refractivity contribution >= 4 is 21.7 Å². The summed E-state index contributed by atoms with van der Waals surface area (Å²) in [6, 6.07) is 3.00. The van der Waals surface area contributed by atoms with Gasteiger partial charge in [-0.25, -0.2) is 17.6 Å². The monoisotopic (exact) mass is 275 g/mol. The summed E-state index contributed by atoms with van der Waals surface area (Å²) in [7, 11) is -3.63. The summed E-state index contributed by atoms with van der Waals surface area (Å²) in [6.45, 7) is 3.45. The number of hydrogen-bond acceptors (Lipinski definition) is 3. The Hall–Kier alpha value is -1.63. The van der Waals surface area contributed by atoms with Crippen LogP contribution in [0.4, 0.5) is 10.1 Å². The molecule has 0 aliphatic heterocycles. The molecular weight excluding hydrogens is 261 g/mol. The van der Waals surface area contributed by atoms with E-state index >= 15 is 0 Å². The van der Waals surface area contributed by atoms with Crippen molar-refractivity contribution in [1.29, 1.82) is 0 Å². The van der Waals surface area contributed by atoms with Crippen molar-refractivity contribution in [2.45, 2.75) is 13.8 Å². The quantitative estimate of drug-likeness (QED) is 0.860. The van der Waals surface area contributed by atoms with Crippen molar-refractivity contribution in [3.63, 3.8) is 0 Å². The zero-order chi connectivity index (χ0) is 13.9. The van der Waals surface area contributed by atoms with Crippen molar-refractivity contribution < 1.29 is 22.7 Å². The van der Waals surface area contributed by atoms with Crippen LogP contribution in [0.25, 0.3) is 0 Å². The van der Waals surface area contributed by atoms with Crippen LogP contribution in [0.15, 0.2) is 18.2 Å². The highest BCUT2D eigenvalue weighted by molar-refractivity contribution is 7.92. The summed E-state index contributed by atoms with van der Waals surface area (Å²) in [4.78, 5) is 10.6. The van der Waals surface area contributed by atoms with Crippen molar-refractivity contribution in [1.82, 2.24) is 0 Å². The highest BCUT2D eigenvalue weighted by Gasteiger charge is 2.16. The van der Waals surface area contributed by atoms with Gasteiger partial charge < -0.3 is 5.11 Å². The number of sulfonamides is 1. The molecule has 0 saturated carbocycles. The van der Waals surface area contributed by atoms with Gasteiger partial charge in [-0.15, -0.1) is 0 Å². The third kappa shape index (κ3) is 3.99. The topological polar surface area (TPSA) is 83.5 Å². The Morgan fingerprint density at radius 2 is 2.06 bits per heavy atom. The number of anilines is 1. The van der Waals surface area contributed by atoms with Crippen LogP contribution in [0.5, 0.6) is 0 Å². The molecular formula is C11H14FNO4S. The van der Waals surface area contributed by atoms with Crippen LogP contribution >= 0.6 is 0 Å². The summed E-state index contributed by atoms with van der Waals surface area (Å²) < 4.78 is 38.8. The van der Waals surface area contributed by atoms with Gasteiger partial charge in [0.1, 0.15) is 5.82 Å². The Bertz CT molecular complexity index is 554. The zero-order valence-electron chi connectivity index (χ0n) is 9.97. The van der Waals surface area contributed by atoms with Crippen molar-refractivity contribution in [2.75, 3.05) is 10.5 Å². The first-order valence-electron chi connectivity index (χ1n) is 5.24. The molecule has 0 aliphatic rings. The predicted molar refractivity (Wildman–Crippen MR) is 65.6 cm³/mol. The maximum atomic E-state index is 13.5. The lowest BCUT2D eigenvalue weighted by Gasteiger charge is -2.10. The lowest BCUT2D eigenvalue weighted by Crippen LogP contribution is -2.20. The SMILES string of the molecule is CC(C)CS(=O)(=O)Nc1ccc(C(=O)O)cc1F. The van der Waals surface area contributed by atoms with Gasteiger partial charge in [-0.05, 0) is 24.1 Å². The Morgan fingerprint density at radius 1 is 1.44 bits per heavy atom. The van der Waals surface area contributed by atoms with E-state index < -0.39 is 21.8 Å². The second-order valence-corrected chi connectivity index (χ2v) is 6.04. The molecule has 0 aromatic heterocycles. The summed E-state index contributed by atoms with van der Waals surface area (Å²) in [6.07, 6.45) is 0. The lowest BCUT2D eigenvalue weighted by molar-refractivity contribution is 0.0696. The van der Waals surface area contributed by atoms with E-state index in [1.165, 1.54) is 0 Å². The Labute approximate surface area is 105 Å². The molecule has 0 unspecified atom stereocenters. The number of carboxylic acid groups (broad SMARTS) is 1. The highest BCUT2D eigenvalue weighted by atomic mass is 32.2. The molecule has 0 spiro atoms. The zero-order valence-corrected chi connectivity index (χ0v) is 10.8. The smallest absolute Gasteiger partial charge is 0.335 e. The van der Waals surface area contributed by atoms with Gasteiger partial charge in [0.05, 0.1) is 17.0 Å². The number of carbonyl (C=O) groups is 1. The maximum absolute atomic E-state index is 13.5. The summed E-state index contributed by atoms with van der Waals surface area (Å²) in [5.41, 5.74) is -0.486. The minimum absolute atomic E-state index is 0.0937. The number of hydrogen-bond donors (Lipinski definition) is 2. The molecule has 0 aliphatic carbocycles. The van der Waals surface area contributed by atoms with Gasteiger partial charge in [0, 0.05) is 0 Å². The average molecular weight is 275 g/mol. The fourth-order valence-corrected chi connectivity index (χ4v) is 2.84. The summed E-state index contributed by atoms with van der Waals surface area (Å²) >= 11 is 0. The highest BCUT2D eigenvalue weighted by Crippen LogP contribution is 2.18. The van der Waals surface area contributed by atoms with Crippen molar-refractivity contribution in [2.24, 2.45) is 5.92 Å². The van der Waals surface area contributed by atoms with E-state index in [4.69, 9.17) is 5.11 Å². The summed E-state index contributed by atoms with van der Waals surface area (Å²) in [5, 5.41) is 8.65. The third-order valence-corrected chi connectivity index (χ3v) is 3.67. The van der Waals surface area contributed by atoms with E-state index in [9.17, 15) is 17.6 Å². The lowest BCUT2D eigenvalue weighted by atomic mass is 10.2. The Morgan fingerprint density at radius 3 is 2.50 bits per heavy atom. The molecule has 0 heterocycles. The van der Waals surface area contributed by atoms with E-state index in [0.717, 1.165) is 18.2 Å². The first-order valence-corrected chi connectivity index (χ1v) is 6.90. The first-order chi connectivity index (χ1) is 8.21. The van der Waals surface area contributed by atoms with Gasteiger partial charge in [0.15, 0.2) is 0 Å². The molecule has 1 aromatic rings. The molecule has 0 amide bonds. The minimum atomic E-state index is -3.63. The Balaban J connectivity index is 2.96. The van der Waals surface area contributed by atoms with Crippen molar-refractivity contribution in [3.05, 3.63) is 29.6 Å². The molecule has 100 valence electrons. The van der Waals surface area contributed by atoms with E-state index in [0.29, 0.717) is 0 Å². The number of nitrogens with one attached hydrogen (secondary N) is 1. The van der Waals surface area contributed by atoms with E-state index in [1.807, 2.05) is 0 Å². The maximum Gasteiger partial charge on any atom is 0.335 e. The van der Waals surface area contributed by atoms with Crippen LogP contribution in [-0.2, 0) is 10.0 Å². The van der Waals surface area contributed by atoms with Gasteiger partial charge in [0.25, 0.3) is 0 Å². The van der Waals surface area contributed by atoms with Crippen LogP contribution in [0.2, 0.25) is 0 Å². The van der Waals surface area contributed by atoms with Crippen LogP contribution in [0, 0.1) is 11.7 Å². The second-order valence-electron chi connectivity index (χ2n) is 4.28. The normalized spacial score (nSPS) is 11.6. The van der Waals surface area contributed by atoms with Crippen LogP contribution in [-0.4, -0.2) is 25.2 Å². The van der Waals surface area contributed by atoms with Crippen LogP contribution in [0.3, 0.4) is 0 Å². The fraction of sp³-hybridized carbons (Fsp3) is 0.364. The van der Waals surface area contributed by atoms with Crippen molar-refractivity contribution in [3.8, 4) is 0 Å². The number of aromatic carboxylic acids is 1. The largest absolute Gasteiger partial charge is 0.478 e. The minimum Gasteiger partial charge on any atom is -0.478 e. The molecule has 0 bridgehead atoms. The molecule has 0 atom stereocenters. The van der Waals surface area contributed by atoms with E-state index in [1.54, 1.807) is 13.8 Å². The van der Waals surface area contributed by atoms with Crippen LogP contribution in [0.1, 0.15) is 24.2 Å². The standard InChI is InChI=1S/C11H14FNO4S/c1-7(2)6-18(16,17)13-10-4-3-8(11(14)15)5-9(10)12/h3-5,7,13H,6H2,1-2H3,(H,14,15). The molecule has 1 aromatic carbocycles. The number of halogens is 1. The molecule has 7 heteroatoms. The summed E-state index contributed by atoms with van der Waals surface area (Å²) in [5.74, 6) is -2.41.